The summed E-state index contributed by atoms with van der Waals surface area (Å²) in [4.78, 5) is 27.6. The van der Waals surface area contributed by atoms with Crippen LogP contribution in [0.25, 0.3) is 0 Å². The fraction of sp³-hybridized carbons (Fsp3) is 0.667. The lowest BCUT2D eigenvalue weighted by molar-refractivity contribution is -0.274. The molecule has 6 rings (SSSR count). The van der Waals surface area contributed by atoms with Gasteiger partial charge in [0.25, 0.3) is 5.91 Å². The largest absolute Gasteiger partial charge is 0.573 e. The second-order valence-corrected chi connectivity index (χ2v) is 10.1. The molecule has 4 bridgehead atoms. The van der Waals surface area contributed by atoms with Crippen molar-refractivity contribution in [2.24, 2.45) is 23.2 Å². The van der Waals surface area contributed by atoms with Crippen LogP contribution in [0.1, 0.15) is 32.1 Å². The van der Waals surface area contributed by atoms with Crippen LogP contribution in [-0.2, 0) is 19.1 Å². The van der Waals surface area contributed by atoms with Gasteiger partial charge in [0.15, 0.2) is 6.10 Å². The third kappa shape index (κ3) is 4.44. The third-order valence-corrected chi connectivity index (χ3v) is 7.99. The Morgan fingerprint density at radius 1 is 1.12 bits per heavy atom. The summed E-state index contributed by atoms with van der Waals surface area (Å²) >= 11 is 0. The third-order valence-electron chi connectivity index (χ3n) is 7.99. The molecule has 1 saturated heterocycles. The molecular formula is C24H29F3N2O5. The highest BCUT2D eigenvalue weighted by atomic mass is 19.4. The van der Waals surface area contributed by atoms with Crippen molar-refractivity contribution < 1.29 is 37.0 Å². The van der Waals surface area contributed by atoms with Gasteiger partial charge in [0.1, 0.15) is 5.75 Å². The van der Waals surface area contributed by atoms with Crippen molar-refractivity contribution in [2.75, 3.05) is 31.7 Å². The molecule has 1 aliphatic heterocycles. The van der Waals surface area contributed by atoms with E-state index in [-0.39, 0.29) is 35.5 Å². The number of carbonyl (C=O) groups is 2. The Balaban J connectivity index is 1.21. The molecule has 186 valence electrons. The van der Waals surface area contributed by atoms with Crippen molar-refractivity contribution >= 4 is 17.6 Å². The van der Waals surface area contributed by atoms with Crippen LogP contribution in [0.4, 0.5) is 18.9 Å². The lowest BCUT2D eigenvalue weighted by atomic mass is 9.48. The van der Waals surface area contributed by atoms with Gasteiger partial charge in [-0.1, -0.05) is 0 Å². The second kappa shape index (κ2) is 8.62. The average Bonchev–Trinajstić information content (AvgIpc) is 2.80. The number of halogens is 3. The summed E-state index contributed by atoms with van der Waals surface area (Å²) in [6.45, 7) is 1.17. The molecular weight excluding hydrogens is 453 g/mol. The van der Waals surface area contributed by atoms with Crippen molar-refractivity contribution in [3.63, 3.8) is 0 Å². The number of rotatable bonds is 5. The number of esters is 1. The standard InChI is InChI=1S/C24H29F3N2O5/c1-32-22(31)23-10-14-8-15(11-23)20(16(9-14)12-23)28-21(30)19-13-29(6-7-33-19)17-2-4-18(5-3-17)34-24(25,26)27/h2-5,14-16,19-20H,6-13H2,1H3,(H,28,30)/t14?,15?,16?,19-,20?,23?/m1/s1. The second-order valence-electron chi connectivity index (χ2n) is 10.1. The first-order valence-corrected chi connectivity index (χ1v) is 11.8. The number of benzene rings is 1. The number of alkyl halides is 3. The van der Waals surface area contributed by atoms with Crippen LogP contribution in [0.2, 0.25) is 0 Å². The number of nitrogens with one attached hydrogen (secondary N) is 1. The van der Waals surface area contributed by atoms with Crippen molar-refractivity contribution in [2.45, 2.75) is 50.6 Å². The zero-order chi connectivity index (χ0) is 24.1. The number of anilines is 1. The van der Waals surface area contributed by atoms with E-state index in [1.807, 2.05) is 4.90 Å². The smallest absolute Gasteiger partial charge is 0.469 e. The van der Waals surface area contributed by atoms with E-state index in [1.54, 1.807) is 12.1 Å². The molecule has 4 saturated carbocycles. The summed E-state index contributed by atoms with van der Waals surface area (Å²) in [7, 11) is 1.45. The summed E-state index contributed by atoms with van der Waals surface area (Å²) in [6, 6.07) is 5.65. The highest BCUT2D eigenvalue weighted by Crippen LogP contribution is 2.60. The number of hydrogen-bond donors (Lipinski definition) is 1. The van der Waals surface area contributed by atoms with Gasteiger partial charge in [0, 0.05) is 18.3 Å². The fourth-order valence-electron chi connectivity index (χ4n) is 6.88. The first-order valence-electron chi connectivity index (χ1n) is 11.8. The Kier molecular flexibility index (Phi) is 5.90. The van der Waals surface area contributed by atoms with Crippen LogP contribution in [0.5, 0.6) is 5.75 Å². The van der Waals surface area contributed by atoms with E-state index in [9.17, 15) is 22.8 Å². The monoisotopic (exact) mass is 482 g/mol. The molecule has 1 aromatic carbocycles. The number of methoxy groups -OCH3 is 1. The highest BCUT2D eigenvalue weighted by Gasteiger charge is 2.59. The van der Waals surface area contributed by atoms with E-state index in [2.05, 4.69) is 10.1 Å². The quantitative estimate of drug-likeness (QED) is 0.650. The molecule has 1 N–H and O–H groups in total. The van der Waals surface area contributed by atoms with Gasteiger partial charge in [-0.3, -0.25) is 9.59 Å². The van der Waals surface area contributed by atoms with E-state index >= 15 is 0 Å². The van der Waals surface area contributed by atoms with Crippen LogP contribution < -0.4 is 15.0 Å². The first-order chi connectivity index (χ1) is 16.2. The molecule has 0 radical (unpaired) electrons. The van der Waals surface area contributed by atoms with E-state index in [4.69, 9.17) is 9.47 Å². The first kappa shape index (κ1) is 23.3. The van der Waals surface area contributed by atoms with Crippen molar-refractivity contribution in [3.05, 3.63) is 24.3 Å². The molecule has 7 nitrogen and oxygen atoms in total. The molecule has 10 heteroatoms. The number of carbonyl (C=O) groups excluding carboxylic acids is 2. The van der Waals surface area contributed by atoms with Gasteiger partial charge in [-0.15, -0.1) is 13.2 Å². The maximum absolute atomic E-state index is 13.1. The zero-order valence-electron chi connectivity index (χ0n) is 19.0. The van der Waals surface area contributed by atoms with Crippen molar-refractivity contribution in [3.8, 4) is 5.75 Å². The fourth-order valence-corrected chi connectivity index (χ4v) is 6.88. The van der Waals surface area contributed by atoms with E-state index in [0.717, 1.165) is 32.1 Å². The number of ether oxygens (including phenoxy) is 3. The summed E-state index contributed by atoms with van der Waals surface area (Å²) < 4.78 is 52.0. The van der Waals surface area contributed by atoms with Gasteiger partial charge in [0.2, 0.25) is 0 Å². The predicted molar refractivity (Wildman–Crippen MR) is 115 cm³/mol. The van der Waals surface area contributed by atoms with Crippen LogP contribution in [0.15, 0.2) is 24.3 Å². The number of hydrogen-bond acceptors (Lipinski definition) is 6. The summed E-state index contributed by atoms with van der Waals surface area (Å²) in [5.74, 6) is 0.451. The summed E-state index contributed by atoms with van der Waals surface area (Å²) in [6.07, 6.45) is -0.983. The molecule has 0 aromatic heterocycles. The minimum atomic E-state index is -4.74. The molecule has 1 aromatic rings. The molecule has 5 fully saturated rings. The van der Waals surface area contributed by atoms with E-state index in [0.29, 0.717) is 31.3 Å². The van der Waals surface area contributed by atoms with Gasteiger partial charge in [-0.2, -0.15) is 0 Å². The van der Waals surface area contributed by atoms with Gasteiger partial charge in [-0.05, 0) is 74.1 Å². The lowest BCUT2D eigenvalue weighted by Crippen LogP contribution is -2.63. The van der Waals surface area contributed by atoms with Gasteiger partial charge in [-0.25, -0.2) is 0 Å². The van der Waals surface area contributed by atoms with Crippen LogP contribution >= 0.6 is 0 Å². The topological polar surface area (TPSA) is 77.1 Å². The van der Waals surface area contributed by atoms with Gasteiger partial charge >= 0.3 is 12.3 Å². The minimum absolute atomic E-state index is 0.0274. The van der Waals surface area contributed by atoms with Crippen molar-refractivity contribution in [1.29, 1.82) is 0 Å². The van der Waals surface area contributed by atoms with Crippen LogP contribution in [-0.4, -0.2) is 57.2 Å². The normalized spacial score (nSPS) is 34.6. The molecule has 34 heavy (non-hydrogen) atoms. The Morgan fingerprint density at radius 3 is 2.41 bits per heavy atom. The number of amides is 1. The summed E-state index contributed by atoms with van der Waals surface area (Å²) in [5.41, 5.74) is 0.303. The minimum Gasteiger partial charge on any atom is -0.469 e. The van der Waals surface area contributed by atoms with Crippen LogP contribution in [0.3, 0.4) is 0 Å². The predicted octanol–water partition coefficient (Wildman–Crippen LogP) is 3.27. The van der Waals surface area contributed by atoms with Crippen molar-refractivity contribution in [1.82, 2.24) is 5.32 Å². The molecule has 0 spiro atoms. The number of morpholine rings is 1. The Bertz CT molecular complexity index is 922. The van der Waals surface area contributed by atoms with Crippen LogP contribution in [0, 0.1) is 23.2 Å². The maximum atomic E-state index is 13.1. The van der Waals surface area contributed by atoms with E-state index < -0.39 is 17.9 Å². The Morgan fingerprint density at radius 2 is 1.79 bits per heavy atom. The average molecular weight is 482 g/mol. The number of nitrogens with zero attached hydrogens (tertiary/aromatic N) is 1. The Hall–Kier alpha value is -2.49. The highest BCUT2D eigenvalue weighted by molar-refractivity contribution is 5.82. The van der Waals surface area contributed by atoms with Gasteiger partial charge in [0.05, 0.1) is 25.7 Å². The summed E-state index contributed by atoms with van der Waals surface area (Å²) in [5, 5.41) is 3.23. The Labute approximate surface area is 195 Å². The molecule has 5 aliphatic rings. The maximum Gasteiger partial charge on any atom is 0.573 e. The SMILES string of the molecule is COC(=O)C12CC3CC(C1)C(NC(=O)[C@H]1CN(c4ccc(OC(F)(F)F)cc4)CCO1)C(C3)C2. The zero-order valence-corrected chi connectivity index (χ0v) is 19.0. The van der Waals surface area contributed by atoms with E-state index in [1.165, 1.54) is 19.2 Å². The molecule has 1 amide bonds. The van der Waals surface area contributed by atoms with Gasteiger partial charge < -0.3 is 24.4 Å². The molecule has 4 aliphatic carbocycles. The lowest BCUT2D eigenvalue weighted by Gasteiger charge is -2.58. The molecule has 2 unspecified atom stereocenters. The molecule has 1 heterocycles. The molecule has 3 atom stereocenters.